The molecule has 0 bridgehead atoms. The van der Waals surface area contributed by atoms with E-state index >= 15 is 0 Å². The molecule has 2 heterocycles. The van der Waals surface area contributed by atoms with Crippen LogP contribution >= 0.6 is 0 Å². The van der Waals surface area contributed by atoms with Crippen molar-refractivity contribution >= 4 is 5.82 Å². The minimum atomic E-state index is -0.0137. The smallest absolute Gasteiger partial charge is 0.293 e. The SMILES string of the molecule is Cn1ccnc(N2CCN(CCc3ccccc3)CC2)c1=O. The van der Waals surface area contributed by atoms with Crippen molar-refractivity contribution in [1.82, 2.24) is 14.5 Å². The lowest BCUT2D eigenvalue weighted by atomic mass is 10.1. The Morgan fingerprint density at radius 1 is 1.09 bits per heavy atom. The fraction of sp³-hybridized carbons (Fsp3) is 0.412. The molecule has 0 spiro atoms. The molecule has 0 radical (unpaired) electrons. The molecule has 1 aliphatic rings. The van der Waals surface area contributed by atoms with Gasteiger partial charge >= 0.3 is 0 Å². The van der Waals surface area contributed by atoms with Gasteiger partial charge in [0.1, 0.15) is 0 Å². The minimum Gasteiger partial charge on any atom is -0.349 e. The van der Waals surface area contributed by atoms with E-state index in [4.69, 9.17) is 0 Å². The van der Waals surface area contributed by atoms with Gasteiger partial charge in [0.15, 0.2) is 5.82 Å². The van der Waals surface area contributed by atoms with Crippen molar-refractivity contribution in [3.05, 3.63) is 58.6 Å². The zero-order valence-electron chi connectivity index (χ0n) is 13.0. The van der Waals surface area contributed by atoms with Gasteiger partial charge in [0.25, 0.3) is 5.56 Å². The average Bonchev–Trinajstić information content (AvgIpc) is 2.57. The maximum atomic E-state index is 12.1. The van der Waals surface area contributed by atoms with Gasteiger partial charge in [-0.25, -0.2) is 4.98 Å². The quantitative estimate of drug-likeness (QED) is 0.849. The molecule has 116 valence electrons. The number of hydrogen-bond donors (Lipinski definition) is 0. The van der Waals surface area contributed by atoms with Gasteiger partial charge in [-0.1, -0.05) is 30.3 Å². The molecule has 1 aliphatic heterocycles. The largest absolute Gasteiger partial charge is 0.349 e. The molecule has 0 unspecified atom stereocenters. The monoisotopic (exact) mass is 298 g/mol. The van der Waals surface area contributed by atoms with Gasteiger partial charge < -0.3 is 9.47 Å². The number of anilines is 1. The highest BCUT2D eigenvalue weighted by Gasteiger charge is 2.20. The van der Waals surface area contributed by atoms with Crippen LogP contribution in [0.1, 0.15) is 5.56 Å². The number of hydrogen-bond acceptors (Lipinski definition) is 4. The first-order valence-corrected chi connectivity index (χ1v) is 7.77. The molecule has 3 rings (SSSR count). The maximum absolute atomic E-state index is 12.1. The first-order chi connectivity index (χ1) is 10.7. The van der Waals surface area contributed by atoms with E-state index in [1.807, 2.05) is 0 Å². The summed E-state index contributed by atoms with van der Waals surface area (Å²) >= 11 is 0. The molecule has 2 aromatic rings. The lowest BCUT2D eigenvalue weighted by molar-refractivity contribution is 0.260. The van der Waals surface area contributed by atoms with Crippen LogP contribution in [-0.4, -0.2) is 47.2 Å². The first kappa shape index (κ1) is 14.8. The Morgan fingerprint density at radius 2 is 1.82 bits per heavy atom. The van der Waals surface area contributed by atoms with E-state index in [9.17, 15) is 4.79 Å². The second-order valence-electron chi connectivity index (χ2n) is 5.73. The van der Waals surface area contributed by atoms with Crippen LogP contribution in [0.15, 0.2) is 47.5 Å². The summed E-state index contributed by atoms with van der Waals surface area (Å²) in [5.74, 6) is 0.577. The Kier molecular flexibility index (Phi) is 4.53. The Labute approximate surface area is 130 Å². The summed E-state index contributed by atoms with van der Waals surface area (Å²) in [6, 6.07) is 10.6. The number of benzene rings is 1. The van der Waals surface area contributed by atoms with Crippen molar-refractivity contribution in [2.75, 3.05) is 37.6 Å². The molecule has 1 fully saturated rings. The van der Waals surface area contributed by atoms with Gasteiger partial charge in [-0.2, -0.15) is 0 Å². The molecule has 0 saturated carbocycles. The third-order valence-corrected chi connectivity index (χ3v) is 4.23. The number of piperazine rings is 1. The summed E-state index contributed by atoms with van der Waals surface area (Å²) in [5.41, 5.74) is 1.36. The number of aryl methyl sites for hydroxylation is 1. The molecule has 1 aromatic heterocycles. The Morgan fingerprint density at radius 3 is 2.55 bits per heavy atom. The van der Waals surface area contributed by atoms with Crippen molar-refractivity contribution in [2.45, 2.75) is 6.42 Å². The minimum absolute atomic E-state index is 0.0137. The molecule has 0 aliphatic carbocycles. The third-order valence-electron chi connectivity index (χ3n) is 4.23. The molecular formula is C17H22N4O. The van der Waals surface area contributed by atoms with Crippen LogP contribution in [0.25, 0.3) is 0 Å². The highest BCUT2D eigenvalue weighted by atomic mass is 16.1. The highest BCUT2D eigenvalue weighted by Crippen LogP contribution is 2.09. The average molecular weight is 298 g/mol. The number of rotatable bonds is 4. The fourth-order valence-electron chi connectivity index (χ4n) is 2.82. The van der Waals surface area contributed by atoms with E-state index in [1.165, 1.54) is 5.56 Å². The molecule has 5 nitrogen and oxygen atoms in total. The van der Waals surface area contributed by atoms with Crippen molar-refractivity contribution in [3.8, 4) is 0 Å². The Hall–Kier alpha value is -2.14. The van der Waals surface area contributed by atoms with Crippen LogP contribution in [-0.2, 0) is 13.5 Å². The lowest BCUT2D eigenvalue weighted by Crippen LogP contribution is -2.49. The van der Waals surface area contributed by atoms with Crippen LogP contribution in [0.4, 0.5) is 5.82 Å². The zero-order chi connectivity index (χ0) is 15.4. The van der Waals surface area contributed by atoms with Crippen LogP contribution in [0, 0.1) is 0 Å². The second kappa shape index (κ2) is 6.75. The van der Waals surface area contributed by atoms with Crippen LogP contribution < -0.4 is 10.5 Å². The topological polar surface area (TPSA) is 41.4 Å². The number of aromatic nitrogens is 2. The van der Waals surface area contributed by atoms with Gasteiger partial charge in [-0.3, -0.25) is 9.69 Å². The van der Waals surface area contributed by atoms with E-state index < -0.39 is 0 Å². The highest BCUT2D eigenvalue weighted by molar-refractivity contribution is 5.36. The summed E-state index contributed by atoms with van der Waals surface area (Å²) < 4.78 is 1.59. The Balaban J connectivity index is 1.54. The van der Waals surface area contributed by atoms with Crippen LogP contribution in [0.3, 0.4) is 0 Å². The predicted octanol–water partition coefficient (Wildman–Crippen LogP) is 1.15. The summed E-state index contributed by atoms with van der Waals surface area (Å²) in [6.07, 6.45) is 4.46. The molecule has 22 heavy (non-hydrogen) atoms. The van der Waals surface area contributed by atoms with E-state index in [0.29, 0.717) is 5.82 Å². The molecule has 1 aromatic carbocycles. The normalized spacial score (nSPS) is 16.0. The summed E-state index contributed by atoms with van der Waals surface area (Å²) in [4.78, 5) is 20.9. The number of nitrogens with zero attached hydrogens (tertiary/aromatic N) is 4. The van der Waals surface area contributed by atoms with E-state index in [2.05, 4.69) is 45.1 Å². The molecule has 0 amide bonds. The van der Waals surface area contributed by atoms with Gasteiger partial charge in [0.2, 0.25) is 0 Å². The van der Waals surface area contributed by atoms with Crippen molar-refractivity contribution in [3.63, 3.8) is 0 Å². The van der Waals surface area contributed by atoms with Crippen molar-refractivity contribution in [1.29, 1.82) is 0 Å². The zero-order valence-corrected chi connectivity index (χ0v) is 13.0. The van der Waals surface area contributed by atoms with E-state index in [-0.39, 0.29) is 5.56 Å². The lowest BCUT2D eigenvalue weighted by Gasteiger charge is -2.35. The molecule has 0 N–H and O–H groups in total. The standard InChI is InChI=1S/C17H22N4O/c1-19-10-8-18-16(17(19)22)21-13-11-20(12-14-21)9-7-15-5-3-2-4-6-15/h2-6,8,10H,7,9,11-14H2,1H3. The first-order valence-electron chi connectivity index (χ1n) is 7.77. The molecule has 0 atom stereocenters. The predicted molar refractivity (Wildman–Crippen MR) is 88.3 cm³/mol. The van der Waals surface area contributed by atoms with Gasteiger partial charge in [-0.05, 0) is 12.0 Å². The van der Waals surface area contributed by atoms with Crippen LogP contribution in [0.2, 0.25) is 0 Å². The molecule has 1 saturated heterocycles. The van der Waals surface area contributed by atoms with E-state index in [0.717, 1.165) is 39.1 Å². The summed E-state index contributed by atoms with van der Waals surface area (Å²) in [5, 5.41) is 0. The summed E-state index contributed by atoms with van der Waals surface area (Å²) in [7, 11) is 1.77. The van der Waals surface area contributed by atoms with Crippen molar-refractivity contribution in [2.24, 2.45) is 7.05 Å². The fourth-order valence-corrected chi connectivity index (χ4v) is 2.82. The van der Waals surface area contributed by atoms with Gasteiger partial charge in [0.05, 0.1) is 0 Å². The van der Waals surface area contributed by atoms with E-state index in [1.54, 1.807) is 24.0 Å². The molecule has 5 heteroatoms. The van der Waals surface area contributed by atoms with Gasteiger partial charge in [0, 0.05) is 52.2 Å². The van der Waals surface area contributed by atoms with Crippen molar-refractivity contribution < 1.29 is 0 Å². The Bertz CT molecular complexity index is 660. The summed E-state index contributed by atoms with van der Waals surface area (Å²) in [6.45, 7) is 4.75. The van der Waals surface area contributed by atoms with Crippen LogP contribution in [0.5, 0.6) is 0 Å². The third kappa shape index (κ3) is 3.36. The maximum Gasteiger partial charge on any atom is 0.293 e. The van der Waals surface area contributed by atoms with Gasteiger partial charge in [-0.15, -0.1) is 0 Å². The molecular weight excluding hydrogens is 276 g/mol. The second-order valence-corrected chi connectivity index (χ2v) is 5.73.